The minimum atomic E-state index is -0.432. The number of hydrogen-bond acceptors (Lipinski definition) is 7. The van der Waals surface area contributed by atoms with Gasteiger partial charge in [0, 0.05) is 44.0 Å². The van der Waals surface area contributed by atoms with Crippen LogP contribution in [0.3, 0.4) is 0 Å². The van der Waals surface area contributed by atoms with E-state index in [-0.39, 0.29) is 6.04 Å². The molecule has 1 fully saturated rings. The first-order valence-electron chi connectivity index (χ1n) is 11.0. The number of nitrogens with one attached hydrogen (secondary N) is 1. The molecule has 0 amide bonds. The first-order chi connectivity index (χ1) is 15.7. The number of aromatic nitrogens is 2. The Labute approximate surface area is 188 Å². The van der Waals surface area contributed by atoms with Crippen LogP contribution >= 0.6 is 0 Å². The molecule has 0 bridgehead atoms. The van der Waals surface area contributed by atoms with Gasteiger partial charge in [-0.2, -0.15) is 5.26 Å². The van der Waals surface area contributed by atoms with E-state index >= 15 is 0 Å². The first-order valence-corrected chi connectivity index (χ1v) is 11.0. The predicted octanol–water partition coefficient (Wildman–Crippen LogP) is 3.09. The maximum Gasteiger partial charge on any atom is 0.135 e. The van der Waals surface area contributed by atoms with Crippen LogP contribution in [0.5, 0.6) is 0 Å². The van der Waals surface area contributed by atoms with Gasteiger partial charge in [-0.1, -0.05) is 24.3 Å². The zero-order valence-corrected chi connectivity index (χ0v) is 17.9. The number of benzene rings is 2. The van der Waals surface area contributed by atoms with Gasteiger partial charge in [-0.25, -0.2) is 9.97 Å². The third-order valence-electron chi connectivity index (χ3n) is 6.44. The summed E-state index contributed by atoms with van der Waals surface area (Å²) in [6.45, 7) is 3.29. The lowest BCUT2D eigenvalue weighted by Gasteiger charge is -2.43. The summed E-state index contributed by atoms with van der Waals surface area (Å²) >= 11 is 0. The van der Waals surface area contributed by atoms with Gasteiger partial charge in [0.25, 0.3) is 0 Å². The second-order valence-electron chi connectivity index (χ2n) is 8.43. The number of aliphatic hydroxyl groups excluding tert-OH is 1. The van der Waals surface area contributed by atoms with E-state index in [2.05, 4.69) is 55.4 Å². The van der Waals surface area contributed by atoms with E-state index in [0.29, 0.717) is 17.9 Å². The lowest BCUT2D eigenvalue weighted by atomic mass is 9.94. The van der Waals surface area contributed by atoms with Crippen molar-refractivity contribution in [3.63, 3.8) is 0 Å². The smallest absolute Gasteiger partial charge is 0.135 e. The Bertz CT molecular complexity index is 1130. The van der Waals surface area contributed by atoms with E-state index in [1.165, 1.54) is 11.1 Å². The Morgan fingerprint density at radius 1 is 1.03 bits per heavy atom. The van der Waals surface area contributed by atoms with E-state index in [1.807, 2.05) is 18.2 Å². The Morgan fingerprint density at radius 3 is 2.62 bits per heavy atom. The molecule has 3 heterocycles. The number of aliphatic hydroxyl groups is 1. The molecule has 2 N–H and O–H groups in total. The highest BCUT2D eigenvalue weighted by molar-refractivity contribution is 5.60. The summed E-state index contributed by atoms with van der Waals surface area (Å²) in [6.07, 6.45) is 3.05. The zero-order valence-electron chi connectivity index (χ0n) is 17.9. The molecule has 0 radical (unpaired) electrons. The van der Waals surface area contributed by atoms with E-state index in [4.69, 9.17) is 5.26 Å². The minimum Gasteiger partial charge on any atom is -0.390 e. The van der Waals surface area contributed by atoms with Crippen LogP contribution in [-0.4, -0.2) is 51.8 Å². The molecule has 0 aliphatic carbocycles. The molecule has 2 aliphatic heterocycles. The van der Waals surface area contributed by atoms with Crippen LogP contribution in [0, 0.1) is 11.3 Å². The van der Waals surface area contributed by atoms with Crippen molar-refractivity contribution >= 4 is 17.3 Å². The summed E-state index contributed by atoms with van der Waals surface area (Å²) in [6, 6.07) is 20.0. The normalized spacial score (nSPS) is 20.9. The largest absolute Gasteiger partial charge is 0.390 e. The molecule has 162 valence electrons. The third-order valence-corrected chi connectivity index (χ3v) is 6.44. The molecule has 2 aliphatic rings. The van der Waals surface area contributed by atoms with Crippen LogP contribution < -0.4 is 10.2 Å². The Balaban J connectivity index is 1.24. The molecule has 0 spiro atoms. The molecular formula is C25H26N6O. The molecule has 1 aromatic heterocycles. The van der Waals surface area contributed by atoms with Gasteiger partial charge in [-0.15, -0.1) is 0 Å². The number of nitrogens with zero attached hydrogens (tertiary/aromatic N) is 5. The molecule has 7 nitrogen and oxygen atoms in total. The van der Waals surface area contributed by atoms with Crippen molar-refractivity contribution in [1.29, 1.82) is 5.26 Å². The molecule has 32 heavy (non-hydrogen) atoms. The molecule has 2 atom stereocenters. The predicted molar refractivity (Wildman–Crippen MR) is 124 cm³/mol. The fraction of sp³-hybridized carbons (Fsp3) is 0.320. The number of rotatable bonds is 4. The molecule has 5 rings (SSSR count). The van der Waals surface area contributed by atoms with Crippen molar-refractivity contribution in [3.8, 4) is 6.07 Å². The second kappa shape index (κ2) is 8.95. The summed E-state index contributed by atoms with van der Waals surface area (Å²) in [5.41, 5.74) is 4.28. The summed E-state index contributed by atoms with van der Waals surface area (Å²) in [5.74, 6) is 1.49. The topological polar surface area (TPSA) is 88.3 Å². The molecule has 0 unspecified atom stereocenters. The number of β-amino-alcohol motifs (C(OH)–C–C–N with tert-alkyl or cyclic N) is 1. The Morgan fingerprint density at radius 2 is 1.84 bits per heavy atom. The van der Waals surface area contributed by atoms with Gasteiger partial charge < -0.3 is 15.3 Å². The monoisotopic (exact) mass is 426 g/mol. The Hall–Kier alpha value is -3.47. The van der Waals surface area contributed by atoms with E-state index in [0.717, 1.165) is 44.0 Å². The molecule has 2 aromatic carbocycles. The van der Waals surface area contributed by atoms with Crippen LogP contribution in [-0.2, 0) is 13.0 Å². The quantitative estimate of drug-likeness (QED) is 0.663. The van der Waals surface area contributed by atoms with Gasteiger partial charge in [0.15, 0.2) is 0 Å². The molecule has 1 saturated heterocycles. The number of fused-ring (bicyclic) bond motifs is 1. The van der Waals surface area contributed by atoms with Gasteiger partial charge in [-0.3, -0.25) is 4.90 Å². The van der Waals surface area contributed by atoms with Crippen molar-refractivity contribution in [3.05, 3.63) is 77.6 Å². The Kier molecular flexibility index (Phi) is 5.71. The highest BCUT2D eigenvalue weighted by atomic mass is 16.3. The van der Waals surface area contributed by atoms with Crippen LogP contribution in [0.25, 0.3) is 0 Å². The zero-order chi connectivity index (χ0) is 21.9. The SMILES string of the molecule is N#Cc1ccc(Nc2cc(N3CC[C@@H](N4CCc5ccccc5C4)[C@H](O)C3)ncn2)cc1. The van der Waals surface area contributed by atoms with E-state index in [9.17, 15) is 5.11 Å². The second-order valence-corrected chi connectivity index (χ2v) is 8.43. The summed E-state index contributed by atoms with van der Waals surface area (Å²) in [4.78, 5) is 13.3. The first kappa shape index (κ1) is 20.4. The molecule has 7 heteroatoms. The summed E-state index contributed by atoms with van der Waals surface area (Å²) < 4.78 is 0. The van der Waals surface area contributed by atoms with Crippen LogP contribution in [0.1, 0.15) is 23.1 Å². The van der Waals surface area contributed by atoms with Crippen molar-refractivity contribution in [2.75, 3.05) is 29.9 Å². The van der Waals surface area contributed by atoms with Crippen molar-refractivity contribution in [2.24, 2.45) is 0 Å². The van der Waals surface area contributed by atoms with Crippen molar-refractivity contribution in [2.45, 2.75) is 31.5 Å². The van der Waals surface area contributed by atoms with Gasteiger partial charge in [0.2, 0.25) is 0 Å². The van der Waals surface area contributed by atoms with Gasteiger partial charge in [0.05, 0.1) is 17.7 Å². The molecule has 3 aromatic rings. The highest BCUT2D eigenvalue weighted by Crippen LogP contribution is 2.27. The lowest BCUT2D eigenvalue weighted by Crippen LogP contribution is -2.55. The van der Waals surface area contributed by atoms with E-state index < -0.39 is 6.10 Å². The maximum absolute atomic E-state index is 11.0. The minimum absolute atomic E-state index is 0.165. The number of hydrogen-bond donors (Lipinski definition) is 2. The van der Waals surface area contributed by atoms with Gasteiger partial charge in [0.1, 0.15) is 18.0 Å². The third kappa shape index (κ3) is 4.28. The molecule has 0 saturated carbocycles. The van der Waals surface area contributed by atoms with Crippen LogP contribution in [0.4, 0.5) is 17.3 Å². The maximum atomic E-state index is 11.0. The van der Waals surface area contributed by atoms with E-state index in [1.54, 1.807) is 18.5 Å². The van der Waals surface area contributed by atoms with Gasteiger partial charge in [-0.05, 0) is 48.2 Å². The number of anilines is 3. The summed E-state index contributed by atoms with van der Waals surface area (Å²) in [7, 11) is 0. The van der Waals surface area contributed by atoms with Gasteiger partial charge >= 0.3 is 0 Å². The van der Waals surface area contributed by atoms with Crippen LogP contribution in [0.2, 0.25) is 0 Å². The highest BCUT2D eigenvalue weighted by Gasteiger charge is 2.34. The van der Waals surface area contributed by atoms with Crippen molar-refractivity contribution < 1.29 is 5.11 Å². The lowest BCUT2D eigenvalue weighted by molar-refractivity contribution is 0.0293. The van der Waals surface area contributed by atoms with Crippen LogP contribution in [0.15, 0.2) is 60.9 Å². The standard InChI is InChI=1S/C25H26N6O/c26-14-18-5-7-21(8-6-18)29-24-13-25(28-17-27-24)31-12-10-22(23(32)16-31)30-11-9-19-3-1-2-4-20(19)15-30/h1-8,13,17,22-23,32H,9-12,15-16H2,(H,27,28,29)/t22-,23-/m1/s1. The fourth-order valence-electron chi connectivity index (χ4n) is 4.72. The van der Waals surface area contributed by atoms with Crippen molar-refractivity contribution in [1.82, 2.24) is 14.9 Å². The number of piperidine rings is 1. The summed E-state index contributed by atoms with van der Waals surface area (Å²) in [5, 5.41) is 23.2. The average Bonchev–Trinajstić information content (AvgIpc) is 2.84. The molecular weight excluding hydrogens is 400 g/mol. The fourth-order valence-corrected chi connectivity index (χ4v) is 4.72. The average molecular weight is 427 g/mol. The number of nitriles is 1.